The molecule has 9 nitrogen and oxygen atoms in total. The van der Waals surface area contributed by atoms with Gasteiger partial charge in [-0.15, -0.1) is 0 Å². The van der Waals surface area contributed by atoms with E-state index in [2.05, 4.69) is 14.7 Å². The zero-order valence-corrected chi connectivity index (χ0v) is 15.5. The second-order valence-electron chi connectivity index (χ2n) is 6.36. The molecule has 1 N–H and O–H groups in total. The predicted molar refractivity (Wildman–Crippen MR) is 91.2 cm³/mol. The van der Waals surface area contributed by atoms with Crippen LogP contribution in [0.3, 0.4) is 0 Å². The van der Waals surface area contributed by atoms with Gasteiger partial charge in [-0.2, -0.15) is 4.21 Å². The minimum absolute atomic E-state index is 0.217. The number of ether oxygens (including phenoxy) is 3. The Morgan fingerprint density at radius 1 is 0.800 bits per heavy atom. The zero-order valence-electron chi connectivity index (χ0n) is 14.6. The first-order valence-corrected chi connectivity index (χ1v) is 9.99. The molecule has 0 bridgehead atoms. The Morgan fingerprint density at radius 2 is 1.16 bits per heavy atom. The van der Waals surface area contributed by atoms with E-state index in [9.17, 15) is 4.21 Å². The summed E-state index contributed by atoms with van der Waals surface area (Å²) in [5.74, 6) is -0.364. The normalized spacial score (nSPS) is 26.6. The van der Waals surface area contributed by atoms with Crippen molar-refractivity contribution in [3.05, 3.63) is 0 Å². The molecule has 0 radical (unpaired) electrons. The molecular formula is C15H29N3O6S. The fraction of sp³-hybridized carbons (Fsp3) is 1.00. The maximum Gasteiger partial charge on any atom is 0.301 e. The van der Waals surface area contributed by atoms with Crippen LogP contribution in [0.1, 0.15) is 6.42 Å². The highest BCUT2D eigenvalue weighted by Gasteiger charge is 2.48. The largest absolute Gasteiger partial charge is 0.379 e. The Labute approximate surface area is 151 Å². The lowest BCUT2D eigenvalue weighted by Gasteiger charge is -2.58. The van der Waals surface area contributed by atoms with Crippen LogP contribution in [0.4, 0.5) is 0 Å². The highest BCUT2D eigenvalue weighted by atomic mass is 32.2. The molecule has 0 saturated carbocycles. The molecule has 3 saturated heterocycles. The summed E-state index contributed by atoms with van der Waals surface area (Å²) in [5, 5.41) is 0. The molecule has 0 aliphatic carbocycles. The van der Waals surface area contributed by atoms with Crippen LogP contribution in [0.5, 0.6) is 0 Å². The van der Waals surface area contributed by atoms with Gasteiger partial charge in [0.05, 0.1) is 46.2 Å². The zero-order chi connectivity index (χ0) is 17.5. The van der Waals surface area contributed by atoms with Crippen LogP contribution in [-0.2, 0) is 29.8 Å². The van der Waals surface area contributed by atoms with Crippen molar-refractivity contribution in [3.63, 3.8) is 0 Å². The molecule has 3 heterocycles. The van der Waals surface area contributed by atoms with E-state index in [1.807, 2.05) is 0 Å². The summed E-state index contributed by atoms with van der Waals surface area (Å²) in [6.07, 6.45) is 0.624. The predicted octanol–water partition coefficient (Wildman–Crippen LogP) is -0.820. The van der Waals surface area contributed by atoms with Gasteiger partial charge in [0.2, 0.25) is 0 Å². The highest BCUT2D eigenvalue weighted by Crippen LogP contribution is 2.32. The molecule has 146 valence electrons. The van der Waals surface area contributed by atoms with Crippen molar-refractivity contribution in [3.8, 4) is 0 Å². The lowest BCUT2D eigenvalue weighted by molar-refractivity contribution is -0.225. The molecule has 3 aliphatic heterocycles. The molecule has 0 amide bonds. The van der Waals surface area contributed by atoms with E-state index in [0.717, 1.165) is 39.3 Å². The van der Waals surface area contributed by atoms with Gasteiger partial charge >= 0.3 is 11.4 Å². The van der Waals surface area contributed by atoms with Crippen molar-refractivity contribution in [1.29, 1.82) is 0 Å². The van der Waals surface area contributed by atoms with E-state index in [0.29, 0.717) is 46.1 Å². The van der Waals surface area contributed by atoms with Gasteiger partial charge < -0.3 is 14.2 Å². The smallest absolute Gasteiger partial charge is 0.301 e. The number of nitrogens with zero attached hydrogens (tertiary/aromatic N) is 3. The van der Waals surface area contributed by atoms with Gasteiger partial charge in [-0.05, 0) is 0 Å². The lowest BCUT2D eigenvalue weighted by atomic mass is 10.1. The summed E-state index contributed by atoms with van der Waals surface area (Å²) in [7, 11) is 0. The lowest BCUT2D eigenvalue weighted by Crippen LogP contribution is -2.74. The van der Waals surface area contributed by atoms with Crippen molar-refractivity contribution < 1.29 is 27.2 Å². The summed E-state index contributed by atoms with van der Waals surface area (Å²) in [4.78, 5) is 7.32. The summed E-state index contributed by atoms with van der Waals surface area (Å²) in [6.45, 7) is 9.38. The van der Waals surface area contributed by atoms with E-state index in [1.54, 1.807) is 0 Å². The highest BCUT2D eigenvalue weighted by molar-refractivity contribution is 7.74. The first-order chi connectivity index (χ1) is 12.2. The third kappa shape index (κ3) is 4.76. The van der Waals surface area contributed by atoms with E-state index in [-0.39, 0.29) is 12.4 Å². The van der Waals surface area contributed by atoms with E-state index in [1.165, 1.54) is 0 Å². The van der Waals surface area contributed by atoms with E-state index >= 15 is 0 Å². The summed E-state index contributed by atoms with van der Waals surface area (Å²) in [5.41, 5.74) is 0. The van der Waals surface area contributed by atoms with Crippen LogP contribution >= 0.6 is 0 Å². The summed E-state index contributed by atoms with van der Waals surface area (Å²) in [6, 6.07) is 0. The van der Waals surface area contributed by atoms with Crippen LogP contribution in [0.25, 0.3) is 0 Å². The molecule has 3 aliphatic rings. The van der Waals surface area contributed by atoms with Crippen LogP contribution in [-0.4, -0.2) is 115 Å². The van der Waals surface area contributed by atoms with Gasteiger partial charge in [0.1, 0.15) is 5.79 Å². The van der Waals surface area contributed by atoms with Gasteiger partial charge in [0.15, 0.2) is 0 Å². The Morgan fingerprint density at radius 3 is 1.48 bits per heavy atom. The standard InChI is InChI=1S/C15H29N3O6S/c19-25(20)24-8-1-15(16-2-9-21-10-3-16,17-4-11-22-12-5-17)18-6-13-23-14-7-18/h1-14H2,(H,19,20). The van der Waals surface area contributed by atoms with Crippen molar-refractivity contribution >= 4 is 11.4 Å². The van der Waals surface area contributed by atoms with Crippen LogP contribution in [0.2, 0.25) is 0 Å². The quantitative estimate of drug-likeness (QED) is 0.570. The average Bonchev–Trinajstić information content (AvgIpc) is 2.67. The van der Waals surface area contributed by atoms with Gasteiger partial charge in [-0.25, -0.2) is 0 Å². The third-order valence-corrected chi connectivity index (χ3v) is 5.54. The molecule has 1 unspecified atom stereocenters. The van der Waals surface area contributed by atoms with E-state index in [4.69, 9.17) is 22.9 Å². The molecular weight excluding hydrogens is 350 g/mol. The second-order valence-corrected chi connectivity index (χ2v) is 7.03. The van der Waals surface area contributed by atoms with Gasteiger partial charge in [0, 0.05) is 45.7 Å². The van der Waals surface area contributed by atoms with Crippen molar-refractivity contribution in [2.75, 3.05) is 85.5 Å². The fourth-order valence-electron chi connectivity index (χ4n) is 4.09. The number of morpholine rings is 3. The monoisotopic (exact) mass is 379 g/mol. The summed E-state index contributed by atoms with van der Waals surface area (Å²) >= 11 is -2.24. The molecule has 0 aromatic heterocycles. The Kier molecular flexibility index (Phi) is 7.58. The SMILES string of the molecule is O=S(O)OCCC(N1CCOCC1)(N1CCOCC1)N1CCOCC1. The second kappa shape index (κ2) is 9.67. The van der Waals surface area contributed by atoms with Crippen LogP contribution < -0.4 is 0 Å². The first kappa shape index (κ1) is 19.6. The maximum absolute atomic E-state index is 11.0. The molecule has 3 fully saturated rings. The Hall–Kier alpha value is -0.170. The minimum Gasteiger partial charge on any atom is -0.379 e. The number of hydrogen-bond acceptors (Lipinski definition) is 8. The average molecular weight is 379 g/mol. The Balaban J connectivity index is 1.86. The first-order valence-electron chi connectivity index (χ1n) is 8.96. The van der Waals surface area contributed by atoms with Crippen LogP contribution in [0.15, 0.2) is 0 Å². The van der Waals surface area contributed by atoms with Crippen molar-refractivity contribution in [1.82, 2.24) is 14.7 Å². The van der Waals surface area contributed by atoms with Gasteiger partial charge in [-0.1, -0.05) is 0 Å². The third-order valence-electron chi connectivity index (χ3n) is 5.17. The maximum atomic E-state index is 11.0. The molecule has 10 heteroatoms. The molecule has 0 aromatic rings. The molecule has 0 spiro atoms. The molecule has 3 rings (SSSR count). The van der Waals surface area contributed by atoms with Crippen LogP contribution in [0, 0.1) is 0 Å². The molecule has 0 aromatic carbocycles. The van der Waals surface area contributed by atoms with Gasteiger partial charge in [0.25, 0.3) is 0 Å². The molecule has 25 heavy (non-hydrogen) atoms. The number of hydrogen-bond donors (Lipinski definition) is 1. The van der Waals surface area contributed by atoms with E-state index < -0.39 is 11.4 Å². The van der Waals surface area contributed by atoms with Crippen molar-refractivity contribution in [2.24, 2.45) is 0 Å². The van der Waals surface area contributed by atoms with Crippen molar-refractivity contribution in [2.45, 2.75) is 12.2 Å². The molecule has 1 atom stereocenters. The van der Waals surface area contributed by atoms with Gasteiger partial charge in [-0.3, -0.25) is 23.4 Å². The minimum atomic E-state index is -2.24. The summed E-state index contributed by atoms with van der Waals surface area (Å²) < 4.78 is 41.7. The fourth-order valence-corrected chi connectivity index (χ4v) is 4.31. The topological polar surface area (TPSA) is 83.9 Å². The number of rotatable bonds is 7. The Bertz CT molecular complexity index is 380.